The summed E-state index contributed by atoms with van der Waals surface area (Å²) in [4.78, 5) is 17.0. The summed E-state index contributed by atoms with van der Waals surface area (Å²) >= 11 is 0. The van der Waals surface area contributed by atoms with Gasteiger partial charge in [0.2, 0.25) is 11.9 Å². The highest BCUT2D eigenvalue weighted by Crippen LogP contribution is 2.32. The molecule has 0 saturated carbocycles. The summed E-state index contributed by atoms with van der Waals surface area (Å²) in [5.41, 5.74) is 5.13. The van der Waals surface area contributed by atoms with Gasteiger partial charge < -0.3 is 20.3 Å². The molecular weight excluding hydrogens is 497 g/mol. The Morgan fingerprint density at radius 1 is 1.18 bits per heavy atom. The first-order chi connectivity index (χ1) is 18.9. The molecule has 11 heteroatoms. The normalized spacial score (nSPS) is 20.1. The van der Waals surface area contributed by atoms with Crippen LogP contribution in [0.1, 0.15) is 31.2 Å². The summed E-state index contributed by atoms with van der Waals surface area (Å²) in [6.07, 6.45) is 2.41. The van der Waals surface area contributed by atoms with Crippen molar-refractivity contribution in [3.63, 3.8) is 0 Å². The van der Waals surface area contributed by atoms with E-state index in [2.05, 4.69) is 45.1 Å². The maximum atomic E-state index is 14.0. The van der Waals surface area contributed by atoms with Gasteiger partial charge in [0.25, 0.3) is 0 Å². The molecule has 0 radical (unpaired) electrons. The SMILES string of the molecule is CNc1nc2cc(F)ccc2n1-c1nc(-c2c(C)nn(CC3CCCNC3)c2C)cc(N2CCOC[C@H]2C)n1. The summed E-state index contributed by atoms with van der Waals surface area (Å²) < 4.78 is 23.7. The van der Waals surface area contributed by atoms with Gasteiger partial charge in [0.1, 0.15) is 11.6 Å². The number of nitrogens with zero attached hydrogens (tertiary/aromatic N) is 7. The van der Waals surface area contributed by atoms with Gasteiger partial charge in [-0.3, -0.25) is 4.68 Å². The fourth-order valence-electron chi connectivity index (χ4n) is 5.86. The van der Waals surface area contributed by atoms with E-state index in [9.17, 15) is 4.39 Å². The fourth-order valence-corrected chi connectivity index (χ4v) is 5.86. The Balaban J connectivity index is 1.50. The molecular formula is C28H36FN9O. The summed E-state index contributed by atoms with van der Waals surface area (Å²) in [6, 6.07) is 6.81. The van der Waals surface area contributed by atoms with Gasteiger partial charge in [-0.1, -0.05) is 0 Å². The fraction of sp³-hybridized carbons (Fsp3) is 0.500. The number of rotatable bonds is 6. The van der Waals surface area contributed by atoms with Crippen molar-refractivity contribution in [3.05, 3.63) is 41.5 Å². The molecule has 0 aliphatic carbocycles. The zero-order valence-corrected chi connectivity index (χ0v) is 23.0. The second-order valence-electron chi connectivity index (χ2n) is 10.6. The first-order valence-electron chi connectivity index (χ1n) is 13.8. The van der Waals surface area contributed by atoms with Crippen molar-refractivity contribution in [2.45, 2.75) is 46.2 Å². The number of piperidine rings is 1. The molecule has 3 aromatic heterocycles. The number of ether oxygens (including phenoxy) is 1. The summed E-state index contributed by atoms with van der Waals surface area (Å²) in [5, 5.41) is 11.6. The van der Waals surface area contributed by atoms with Crippen LogP contribution in [0.4, 0.5) is 16.2 Å². The van der Waals surface area contributed by atoms with E-state index < -0.39 is 0 Å². The first-order valence-corrected chi connectivity index (χ1v) is 13.8. The largest absolute Gasteiger partial charge is 0.377 e. The van der Waals surface area contributed by atoms with Crippen molar-refractivity contribution in [2.75, 3.05) is 50.1 Å². The van der Waals surface area contributed by atoms with Crippen molar-refractivity contribution < 1.29 is 9.13 Å². The molecule has 2 N–H and O–H groups in total. The van der Waals surface area contributed by atoms with E-state index in [4.69, 9.17) is 19.8 Å². The van der Waals surface area contributed by atoms with Crippen LogP contribution in [-0.4, -0.2) is 75.2 Å². The zero-order valence-electron chi connectivity index (χ0n) is 23.0. The van der Waals surface area contributed by atoms with Crippen LogP contribution in [0.2, 0.25) is 0 Å². The van der Waals surface area contributed by atoms with Gasteiger partial charge in [0, 0.05) is 43.5 Å². The van der Waals surface area contributed by atoms with Crippen molar-refractivity contribution in [1.82, 2.24) is 34.6 Å². The highest BCUT2D eigenvalue weighted by atomic mass is 19.1. The first kappa shape index (κ1) is 25.7. The molecule has 10 nitrogen and oxygen atoms in total. The standard InChI is InChI=1S/C28H36FN9O/c1-17-16-39-11-10-36(17)25-13-23(26-18(2)35-37(19(26)3)15-20-6-5-9-31-14-20)33-28(34-25)38-24-8-7-21(29)12-22(24)32-27(38)30-4/h7-8,12-13,17,20,31H,5-6,9-11,14-16H2,1-4H3,(H,30,32)/t17-,20?/m1/s1. The third-order valence-corrected chi connectivity index (χ3v) is 7.87. The van der Waals surface area contributed by atoms with E-state index in [1.165, 1.54) is 25.0 Å². The molecule has 5 heterocycles. The van der Waals surface area contributed by atoms with Crippen LogP contribution < -0.4 is 15.5 Å². The number of hydrogen-bond acceptors (Lipinski definition) is 8. The van der Waals surface area contributed by atoms with Crippen LogP contribution in [0.15, 0.2) is 24.3 Å². The number of aromatic nitrogens is 6. The lowest BCUT2D eigenvalue weighted by molar-refractivity contribution is 0.0985. The second-order valence-corrected chi connectivity index (χ2v) is 10.6. The number of nitrogens with one attached hydrogen (secondary N) is 2. The lowest BCUT2D eigenvalue weighted by Gasteiger charge is -2.34. The quantitative estimate of drug-likeness (QED) is 0.387. The Morgan fingerprint density at radius 2 is 2.05 bits per heavy atom. The van der Waals surface area contributed by atoms with Gasteiger partial charge in [0.05, 0.1) is 41.7 Å². The van der Waals surface area contributed by atoms with Gasteiger partial charge in [0.15, 0.2) is 0 Å². The van der Waals surface area contributed by atoms with Crippen molar-refractivity contribution in [2.24, 2.45) is 5.92 Å². The van der Waals surface area contributed by atoms with Gasteiger partial charge in [-0.05, 0) is 64.8 Å². The van der Waals surface area contributed by atoms with E-state index in [0.717, 1.165) is 60.2 Å². The smallest absolute Gasteiger partial charge is 0.239 e. The maximum absolute atomic E-state index is 14.0. The highest BCUT2D eigenvalue weighted by Gasteiger charge is 2.26. The Kier molecular flexibility index (Phi) is 6.94. The lowest BCUT2D eigenvalue weighted by atomic mass is 10.00. The number of anilines is 2. The Labute approximate surface area is 227 Å². The summed E-state index contributed by atoms with van der Waals surface area (Å²) in [7, 11) is 1.79. The predicted molar refractivity (Wildman–Crippen MR) is 150 cm³/mol. The number of benzene rings is 1. The third-order valence-electron chi connectivity index (χ3n) is 7.87. The van der Waals surface area contributed by atoms with Crippen molar-refractivity contribution in [1.29, 1.82) is 0 Å². The number of imidazole rings is 1. The van der Waals surface area contributed by atoms with Crippen molar-refractivity contribution in [3.8, 4) is 17.2 Å². The molecule has 0 bridgehead atoms. The Hall–Kier alpha value is -3.57. The molecule has 39 heavy (non-hydrogen) atoms. The van der Waals surface area contributed by atoms with Gasteiger partial charge in [-0.15, -0.1) is 0 Å². The molecule has 2 saturated heterocycles. The zero-order chi connectivity index (χ0) is 27.1. The van der Waals surface area contributed by atoms with Gasteiger partial charge in [-0.25, -0.2) is 18.9 Å². The molecule has 1 unspecified atom stereocenters. The molecule has 2 aliphatic heterocycles. The summed E-state index contributed by atoms with van der Waals surface area (Å²) in [6.45, 7) is 11.3. The van der Waals surface area contributed by atoms with Crippen LogP contribution in [0.5, 0.6) is 0 Å². The van der Waals surface area contributed by atoms with Crippen LogP contribution in [0.3, 0.4) is 0 Å². The minimum atomic E-state index is -0.334. The van der Waals surface area contributed by atoms with E-state index in [1.807, 2.05) is 11.5 Å². The predicted octanol–water partition coefficient (Wildman–Crippen LogP) is 3.70. The second kappa shape index (κ2) is 10.5. The summed E-state index contributed by atoms with van der Waals surface area (Å²) in [5.74, 6) is 2.07. The number of fused-ring (bicyclic) bond motifs is 1. The molecule has 0 amide bonds. The molecule has 2 atom stereocenters. The van der Waals surface area contributed by atoms with Crippen LogP contribution in [0.25, 0.3) is 28.2 Å². The van der Waals surface area contributed by atoms with Crippen LogP contribution in [0, 0.1) is 25.6 Å². The lowest BCUT2D eigenvalue weighted by Crippen LogP contribution is -2.44. The number of halogens is 1. The van der Waals surface area contributed by atoms with E-state index >= 15 is 0 Å². The highest BCUT2D eigenvalue weighted by molar-refractivity contribution is 5.81. The topological polar surface area (TPSA) is 98.0 Å². The average Bonchev–Trinajstić information content (AvgIpc) is 3.44. The molecule has 206 valence electrons. The van der Waals surface area contributed by atoms with Crippen LogP contribution in [-0.2, 0) is 11.3 Å². The molecule has 1 aromatic carbocycles. The Morgan fingerprint density at radius 3 is 2.82 bits per heavy atom. The van der Waals surface area contributed by atoms with Gasteiger partial charge >= 0.3 is 0 Å². The maximum Gasteiger partial charge on any atom is 0.239 e. The van der Waals surface area contributed by atoms with Gasteiger partial charge in [-0.2, -0.15) is 10.1 Å². The van der Waals surface area contributed by atoms with Crippen molar-refractivity contribution >= 4 is 22.8 Å². The van der Waals surface area contributed by atoms with Crippen LogP contribution >= 0.6 is 0 Å². The van der Waals surface area contributed by atoms with E-state index in [1.54, 1.807) is 13.1 Å². The molecule has 6 rings (SSSR count). The average molecular weight is 534 g/mol. The monoisotopic (exact) mass is 533 g/mol. The molecule has 4 aromatic rings. The molecule has 2 fully saturated rings. The number of morpholine rings is 1. The third kappa shape index (κ3) is 4.85. The minimum Gasteiger partial charge on any atom is -0.377 e. The minimum absolute atomic E-state index is 0.162. The number of aryl methyl sites for hydroxylation is 1. The molecule has 0 spiro atoms. The Bertz CT molecular complexity index is 1490. The van der Waals surface area contributed by atoms with E-state index in [-0.39, 0.29) is 11.9 Å². The van der Waals surface area contributed by atoms with E-state index in [0.29, 0.717) is 36.5 Å². The molecule has 2 aliphatic rings. The number of hydrogen-bond donors (Lipinski definition) is 2.